The van der Waals surface area contributed by atoms with Crippen LogP contribution in [0.5, 0.6) is 0 Å². The van der Waals surface area contributed by atoms with Crippen LogP contribution < -0.4 is 0 Å². The molecule has 0 saturated heterocycles. The van der Waals surface area contributed by atoms with Gasteiger partial charge in [0.15, 0.2) is 0 Å². The number of aryl methyl sites for hydroxylation is 1. The van der Waals surface area contributed by atoms with Gasteiger partial charge in [-0.3, -0.25) is 4.18 Å². The van der Waals surface area contributed by atoms with Crippen molar-refractivity contribution in [2.45, 2.75) is 23.7 Å². The van der Waals surface area contributed by atoms with Crippen molar-refractivity contribution in [2.24, 2.45) is 5.92 Å². The normalized spacial score (nSPS) is 23.2. The largest absolute Gasteiger partial charge is 0.396 e. The molecule has 1 saturated carbocycles. The number of hydrogen-bond donors (Lipinski definition) is 1. The molecule has 6 heteroatoms. The predicted molar refractivity (Wildman–Crippen MR) is 87.6 cm³/mol. The second-order valence-electron chi connectivity index (χ2n) is 6.28. The van der Waals surface area contributed by atoms with Crippen molar-refractivity contribution >= 4 is 10.1 Å². The molecule has 1 aliphatic rings. The summed E-state index contributed by atoms with van der Waals surface area (Å²) in [7, 11) is -3.90. The van der Waals surface area contributed by atoms with Gasteiger partial charge < -0.3 is 5.11 Å². The maximum absolute atomic E-state index is 13.5. The summed E-state index contributed by atoms with van der Waals surface area (Å²) >= 11 is 0. The molecule has 4 nitrogen and oxygen atoms in total. The minimum absolute atomic E-state index is 0.0868. The van der Waals surface area contributed by atoms with Gasteiger partial charge in [-0.1, -0.05) is 29.8 Å². The number of aliphatic hydroxyl groups is 1. The zero-order valence-electron chi connectivity index (χ0n) is 13.3. The van der Waals surface area contributed by atoms with Crippen LogP contribution in [-0.2, 0) is 19.7 Å². The zero-order valence-corrected chi connectivity index (χ0v) is 14.1. The third-order valence-corrected chi connectivity index (χ3v) is 5.91. The van der Waals surface area contributed by atoms with E-state index in [4.69, 9.17) is 4.18 Å². The zero-order chi connectivity index (χ0) is 17.4. The van der Waals surface area contributed by atoms with Crippen LogP contribution in [0.1, 0.15) is 17.5 Å². The van der Waals surface area contributed by atoms with Crippen LogP contribution in [0.2, 0.25) is 0 Å². The standard InChI is InChI=1S/C18H19FO4S/c1-13-5-7-17(8-6-13)24(21,22)23-12-18(10-15(18)11-20)14-3-2-4-16(19)9-14/h2-9,15,20H,10-12H2,1H3/t15-,18+/m0/s1. The molecule has 2 aromatic carbocycles. The van der Waals surface area contributed by atoms with Crippen molar-refractivity contribution in [3.8, 4) is 0 Å². The molecule has 0 spiro atoms. The first-order valence-corrected chi connectivity index (χ1v) is 9.11. The first kappa shape index (κ1) is 17.1. The van der Waals surface area contributed by atoms with Crippen molar-refractivity contribution in [1.82, 2.24) is 0 Å². The quantitative estimate of drug-likeness (QED) is 0.814. The lowest BCUT2D eigenvalue weighted by Crippen LogP contribution is -2.22. The molecule has 24 heavy (non-hydrogen) atoms. The summed E-state index contributed by atoms with van der Waals surface area (Å²) in [5.41, 5.74) is 0.947. The average molecular weight is 350 g/mol. The molecule has 0 unspecified atom stereocenters. The SMILES string of the molecule is Cc1ccc(S(=O)(=O)OC[C@@]2(c3cccc(F)c3)C[C@H]2CO)cc1. The summed E-state index contributed by atoms with van der Waals surface area (Å²) < 4.78 is 43.5. The minimum atomic E-state index is -3.90. The summed E-state index contributed by atoms with van der Waals surface area (Å²) in [6.07, 6.45) is 0.566. The lowest BCUT2D eigenvalue weighted by Gasteiger charge is -2.18. The van der Waals surface area contributed by atoms with E-state index in [9.17, 15) is 17.9 Å². The third kappa shape index (κ3) is 3.22. The first-order valence-electron chi connectivity index (χ1n) is 7.70. The molecule has 2 aromatic rings. The van der Waals surface area contributed by atoms with Crippen molar-refractivity contribution in [2.75, 3.05) is 13.2 Å². The molecule has 1 aliphatic carbocycles. The fourth-order valence-corrected chi connectivity index (χ4v) is 3.96. The summed E-state index contributed by atoms with van der Waals surface area (Å²) in [4.78, 5) is 0.0868. The summed E-state index contributed by atoms with van der Waals surface area (Å²) in [5, 5.41) is 9.45. The highest BCUT2D eigenvalue weighted by atomic mass is 32.2. The predicted octanol–water partition coefficient (Wildman–Crippen LogP) is 2.79. The van der Waals surface area contributed by atoms with Gasteiger partial charge >= 0.3 is 0 Å². The maximum atomic E-state index is 13.5. The molecule has 0 heterocycles. The smallest absolute Gasteiger partial charge is 0.297 e. The van der Waals surface area contributed by atoms with Crippen molar-refractivity contribution in [3.63, 3.8) is 0 Å². The average Bonchev–Trinajstić information content (AvgIpc) is 3.29. The van der Waals surface area contributed by atoms with Crippen LogP contribution in [-0.4, -0.2) is 26.7 Å². The second-order valence-corrected chi connectivity index (χ2v) is 7.89. The molecule has 0 amide bonds. The van der Waals surface area contributed by atoms with Gasteiger partial charge in [0.05, 0.1) is 11.5 Å². The number of rotatable bonds is 6. The molecule has 1 fully saturated rings. The molecule has 0 aliphatic heterocycles. The van der Waals surface area contributed by atoms with Crippen LogP contribution in [0.3, 0.4) is 0 Å². The maximum Gasteiger partial charge on any atom is 0.297 e. The van der Waals surface area contributed by atoms with E-state index in [2.05, 4.69) is 0 Å². The molecular weight excluding hydrogens is 331 g/mol. The van der Waals surface area contributed by atoms with Gasteiger partial charge in [0.2, 0.25) is 0 Å². The fourth-order valence-electron chi connectivity index (χ4n) is 2.99. The van der Waals surface area contributed by atoms with Crippen LogP contribution >= 0.6 is 0 Å². The third-order valence-electron chi connectivity index (χ3n) is 4.63. The number of hydrogen-bond acceptors (Lipinski definition) is 4. The molecule has 2 atom stereocenters. The van der Waals surface area contributed by atoms with Crippen LogP contribution in [0.4, 0.5) is 4.39 Å². The topological polar surface area (TPSA) is 63.6 Å². The van der Waals surface area contributed by atoms with Crippen molar-refractivity contribution in [1.29, 1.82) is 0 Å². The molecule has 0 radical (unpaired) electrons. The highest BCUT2D eigenvalue weighted by Gasteiger charge is 2.55. The Balaban J connectivity index is 1.82. The Morgan fingerprint density at radius 1 is 1.25 bits per heavy atom. The first-order chi connectivity index (χ1) is 11.4. The number of benzene rings is 2. The van der Waals surface area contributed by atoms with E-state index >= 15 is 0 Å². The van der Waals surface area contributed by atoms with Crippen molar-refractivity contribution in [3.05, 3.63) is 65.5 Å². The molecule has 0 aromatic heterocycles. The summed E-state index contributed by atoms with van der Waals surface area (Å²) in [6, 6.07) is 12.4. The number of aliphatic hydroxyl groups excluding tert-OH is 1. The fraction of sp³-hybridized carbons (Fsp3) is 0.333. The van der Waals surface area contributed by atoms with E-state index in [1.807, 2.05) is 6.92 Å². The molecule has 1 N–H and O–H groups in total. The Hall–Kier alpha value is -1.76. The molecular formula is C18H19FO4S. The van der Waals surface area contributed by atoms with Gasteiger partial charge in [0.1, 0.15) is 5.82 Å². The Labute approximate surface area is 141 Å². The van der Waals surface area contributed by atoms with E-state index in [0.717, 1.165) is 5.56 Å². The highest BCUT2D eigenvalue weighted by molar-refractivity contribution is 7.86. The summed E-state index contributed by atoms with van der Waals surface area (Å²) in [5.74, 6) is -0.524. The Morgan fingerprint density at radius 3 is 2.54 bits per heavy atom. The van der Waals surface area contributed by atoms with E-state index in [1.165, 1.54) is 24.3 Å². The molecule has 128 valence electrons. The van der Waals surface area contributed by atoms with E-state index in [-0.39, 0.29) is 24.0 Å². The summed E-state index contributed by atoms with van der Waals surface area (Å²) in [6.45, 7) is 1.66. The van der Waals surface area contributed by atoms with Gasteiger partial charge in [-0.05, 0) is 49.1 Å². The second kappa shape index (κ2) is 6.27. The Morgan fingerprint density at radius 2 is 1.96 bits per heavy atom. The van der Waals surface area contributed by atoms with Gasteiger partial charge in [0, 0.05) is 12.0 Å². The monoisotopic (exact) mass is 350 g/mol. The molecule has 3 rings (SSSR count). The van der Waals surface area contributed by atoms with Crippen LogP contribution in [0.15, 0.2) is 53.4 Å². The van der Waals surface area contributed by atoms with Gasteiger partial charge in [0.25, 0.3) is 10.1 Å². The van der Waals surface area contributed by atoms with Gasteiger partial charge in [-0.25, -0.2) is 4.39 Å². The number of halogens is 1. The van der Waals surface area contributed by atoms with Crippen molar-refractivity contribution < 1.29 is 22.1 Å². The van der Waals surface area contributed by atoms with Crippen LogP contribution in [0, 0.1) is 18.7 Å². The Kier molecular flexibility index (Phi) is 4.46. The van der Waals surface area contributed by atoms with Crippen LogP contribution in [0.25, 0.3) is 0 Å². The van der Waals surface area contributed by atoms with E-state index < -0.39 is 21.4 Å². The van der Waals surface area contributed by atoms with Gasteiger partial charge in [-0.2, -0.15) is 8.42 Å². The minimum Gasteiger partial charge on any atom is -0.396 e. The lowest BCUT2D eigenvalue weighted by atomic mass is 9.94. The van der Waals surface area contributed by atoms with E-state index in [0.29, 0.717) is 12.0 Å². The van der Waals surface area contributed by atoms with E-state index in [1.54, 1.807) is 24.3 Å². The Bertz CT molecular complexity index is 832. The van der Waals surface area contributed by atoms with Gasteiger partial charge in [-0.15, -0.1) is 0 Å². The lowest BCUT2D eigenvalue weighted by molar-refractivity contribution is 0.228. The molecule has 0 bridgehead atoms. The highest BCUT2D eigenvalue weighted by Crippen LogP contribution is 2.54.